The Kier molecular flexibility index (Phi) is 6.73. The van der Waals surface area contributed by atoms with E-state index < -0.39 is 18.0 Å². The lowest BCUT2D eigenvalue weighted by Gasteiger charge is -2.09. The zero-order chi connectivity index (χ0) is 15.7. The van der Waals surface area contributed by atoms with E-state index in [0.29, 0.717) is 5.69 Å². The van der Waals surface area contributed by atoms with Crippen molar-refractivity contribution in [1.82, 2.24) is 5.32 Å². The summed E-state index contributed by atoms with van der Waals surface area (Å²) >= 11 is 0. The number of carbonyl (C=O) groups is 3. The second-order valence-corrected chi connectivity index (χ2v) is 4.05. The van der Waals surface area contributed by atoms with Crippen molar-refractivity contribution < 1.29 is 23.9 Å². The highest BCUT2D eigenvalue weighted by Gasteiger charge is 2.13. The lowest BCUT2D eigenvalue weighted by molar-refractivity contribution is -0.154. The SMILES string of the molecule is CCOC(=O)C(=O)NCCOC(=O)Nc1ccccc1C. The molecular weight excluding hydrogens is 276 g/mol. The summed E-state index contributed by atoms with van der Waals surface area (Å²) in [6.45, 7) is 3.56. The van der Waals surface area contributed by atoms with Crippen LogP contribution in [0.3, 0.4) is 0 Å². The summed E-state index contributed by atoms with van der Waals surface area (Å²) in [5.74, 6) is -1.82. The van der Waals surface area contributed by atoms with Crippen LogP contribution in [0.4, 0.5) is 10.5 Å². The minimum absolute atomic E-state index is 0.0266. The largest absolute Gasteiger partial charge is 0.459 e. The summed E-state index contributed by atoms with van der Waals surface area (Å²) in [5.41, 5.74) is 1.56. The Bertz CT molecular complexity index is 516. The van der Waals surface area contributed by atoms with E-state index in [0.717, 1.165) is 5.56 Å². The van der Waals surface area contributed by atoms with E-state index in [1.54, 1.807) is 19.1 Å². The number of anilines is 1. The third kappa shape index (κ3) is 5.94. The van der Waals surface area contributed by atoms with Gasteiger partial charge in [0.2, 0.25) is 0 Å². The van der Waals surface area contributed by atoms with Crippen LogP contribution in [0.1, 0.15) is 12.5 Å². The van der Waals surface area contributed by atoms with Gasteiger partial charge in [0.25, 0.3) is 0 Å². The molecule has 2 N–H and O–H groups in total. The maximum atomic E-state index is 11.5. The average molecular weight is 294 g/mol. The predicted octanol–water partition coefficient (Wildman–Crippen LogP) is 1.22. The van der Waals surface area contributed by atoms with Crippen molar-refractivity contribution in [2.75, 3.05) is 25.1 Å². The molecule has 0 fully saturated rings. The Hall–Kier alpha value is -2.57. The second kappa shape index (κ2) is 8.57. The molecule has 1 rings (SSSR count). The Morgan fingerprint density at radius 2 is 1.86 bits per heavy atom. The molecule has 0 aliphatic carbocycles. The van der Waals surface area contributed by atoms with Gasteiger partial charge >= 0.3 is 18.0 Å². The maximum absolute atomic E-state index is 11.5. The van der Waals surface area contributed by atoms with Gasteiger partial charge in [-0.3, -0.25) is 10.1 Å². The maximum Gasteiger partial charge on any atom is 0.411 e. The molecule has 1 aromatic carbocycles. The van der Waals surface area contributed by atoms with E-state index in [1.165, 1.54) is 0 Å². The molecule has 0 saturated heterocycles. The highest BCUT2D eigenvalue weighted by molar-refractivity contribution is 6.32. The van der Waals surface area contributed by atoms with Crippen molar-refractivity contribution in [3.63, 3.8) is 0 Å². The monoisotopic (exact) mass is 294 g/mol. The number of benzene rings is 1. The first-order valence-electron chi connectivity index (χ1n) is 6.49. The fourth-order valence-corrected chi connectivity index (χ4v) is 1.44. The quantitative estimate of drug-likeness (QED) is 0.484. The van der Waals surface area contributed by atoms with Gasteiger partial charge in [-0.25, -0.2) is 9.59 Å². The Labute approximate surface area is 122 Å². The summed E-state index contributed by atoms with van der Waals surface area (Å²) in [7, 11) is 0. The molecular formula is C14H18N2O5. The van der Waals surface area contributed by atoms with E-state index in [2.05, 4.69) is 15.4 Å². The average Bonchev–Trinajstić information content (AvgIpc) is 2.46. The molecule has 0 heterocycles. The Balaban J connectivity index is 2.24. The molecule has 7 heteroatoms. The topological polar surface area (TPSA) is 93.7 Å². The molecule has 0 unspecified atom stereocenters. The molecule has 21 heavy (non-hydrogen) atoms. The van der Waals surface area contributed by atoms with Crippen molar-refractivity contribution in [2.24, 2.45) is 0 Å². The minimum atomic E-state index is -0.957. The molecule has 1 aromatic rings. The number of carbonyl (C=O) groups excluding carboxylic acids is 3. The molecule has 0 spiro atoms. The summed E-state index contributed by atoms with van der Waals surface area (Å²) in [6.07, 6.45) is -0.630. The number of aryl methyl sites for hydroxylation is 1. The lowest BCUT2D eigenvalue weighted by Crippen LogP contribution is -2.35. The van der Waals surface area contributed by atoms with Gasteiger partial charge in [-0.2, -0.15) is 0 Å². The number of amides is 2. The van der Waals surface area contributed by atoms with E-state index in [9.17, 15) is 14.4 Å². The molecule has 0 atom stereocenters. The first kappa shape index (κ1) is 16.5. The molecule has 2 amide bonds. The number of ether oxygens (including phenoxy) is 2. The van der Waals surface area contributed by atoms with Gasteiger partial charge in [0.05, 0.1) is 13.2 Å². The fourth-order valence-electron chi connectivity index (χ4n) is 1.44. The normalized spacial score (nSPS) is 9.62. The zero-order valence-electron chi connectivity index (χ0n) is 12.0. The van der Waals surface area contributed by atoms with Crippen LogP contribution in [0.2, 0.25) is 0 Å². The van der Waals surface area contributed by atoms with Crippen LogP contribution in [-0.2, 0) is 19.1 Å². The Morgan fingerprint density at radius 3 is 2.52 bits per heavy atom. The summed E-state index contributed by atoms with van der Waals surface area (Å²) < 4.78 is 9.38. The first-order chi connectivity index (χ1) is 10.0. The van der Waals surface area contributed by atoms with Crippen molar-refractivity contribution in [1.29, 1.82) is 0 Å². The smallest absolute Gasteiger partial charge is 0.411 e. The first-order valence-corrected chi connectivity index (χ1v) is 6.49. The van der Waals surface area contributed by atoms with Gasteiger partial charge < -0.3 is 14.8 Å². The number of esters is 1. The molecule has 0 bridgehead atoms. The zero-order valence-corrected chi connectivity index (χ0v) is 12.0. The highest BCUT2D eigenvalue weighted by Crippen LogP contribution is 2.12. The van der Waals surface area contributed by atoms with Crippen LogP contribution in [0.15, 0.2) is 24.3 Å². The van der Waals surface area contributed by atoms with E-state index in [1.807, 2.05) is 19.1 Å². The van der Waals surface area contributed by atoms with Gasteiger partial charge in [0.15, 0.2) is 0 Å². The molecule has 0 radical (unpaired) electrons. The fraction of sp³-hybridized carbons (Fsp3) is 0.357. The summed E-state index contributed by atoms with van der Waals surface area (Å²) in [6, 6.07) is 7.26. The van der Waals surface area contributed by atoms with E-state index in [4.69, 9.17) is 4.74 Å². The van der Waals surface area contributed by atoms with Gasteiger partial charge in [0.1, 0.15) is 6.61 Å². The van der Waals surface area contributed by atoms with Gasteiger partial charge in [0, 0.05) is 5.69 Å². The second-order valence-electron chi connectivity index (χ2n) is 4.05. The van der Waals surface area contributed by atoms with Crippen LogP contribution >= 0.6 is 0 Å². The van der Waals surface area contributed by atoms with Crippen molar-refractivity contribution in [3.8, 4) is 0 Å². The lowest BCUT2D eigenvalue weighted by atomic mass is 10.2. The van der Waals surface area contributed by atoms with Crippen LogP contribution in [-0.4, -0.2) is 37.7 Å². The highest BCUT2D eigenvalue weighted by atomic mass is 16.6. The third-order valence-corrected chi connectivity index (χ3v) is 2.46. The van der Waals surface area contributed by atoms with Gasteiger partial charge in [-0.1, -0.05) is 18.2 Å². The number of rotatable bonds is 5. The third-order valence-electron chi connectivity index (χ3n) is 2.46. The van der Waals surface area contributed by atoms with Crippen molar-refractivity contribution >= 4 is 23.7 Å². The number of hydrogen-bond donors (Lipinski definition) is 2. The van der Waals surface area contributed by atoms with Crippen LogP contribution in [0, 0.1) is 6.92 Å². The molecule has 7 nitrogen and oxygen atoms in total. The molecule has 0 aliphatic rings. The predicted molar refractivity (Wildman–Crippen MR) is 75.8 cm³/mol. The molecule has 0 aromatic heterocycles. The van der Waals surface area contributed by atoms with Gasteiger partial charge in [-0.15, -0.1) is 0 Å². The standard InChI is InChI=1S/C14H18N2O5/c1-3-20-13(18)12(17)15-8-9-21-14(19)16-11-7-5-4-6-10(11)2/h4-7H,3,8-9H2,1-2H3,(H,15,17)(H,16,19). The molecule has 0 aliphatic heterocycles. The number of para-hydroxylation sites is 1. The van der Waals surface area contributed by atoms with Crippen LogP contribution in [0.5, 0.6) is 0 Å². The van der Waals surface area contributed by atoms with Crippen molar-refractivity contribution in [3.05, 3.63) is 29.8 Å². The summed E-state index contributed by atoms with van der Waals surface area (Å²) in [4.78, 5) is 33.7. The van der Waals surface area contributed by atoms with Crippen LogP contribution < -0.4 is 10.6 Å². The van der Waals surface area contributed by atoms with E-state index >= 15 is 0 Å². The molecule has 114 valence electrons. The molecule has 0 saturated carbocycles. The number of nitrogens with one attached hydrogen (secondary N) is 2. The Morgan fingerprint density at radius 1 is 1.14 bits per heavy atom. The number of hydrogen-bond acceptors (Lipinski definition) is 5. The van der Waals surface area contributed by atoms with Crippen LogP contribution in [0.25, 0.3) is 0 Å². The minimum Gasteiger partial charge on any atom is -0.459 e. The van der Waals surface area contributed by atoms with Crippen molar-refractivity contribution in [2.45, 2.75) is 13.8 Å². The van der Waals surface area contributed by atoms with E-state index in [-0.39, 0.29) is 19.8 Å². The van der Waals surface area contributed by atoms with Gasteiger partial charge in [-0.05, 0) is 25.5 Å². The summed E-state index contributed by atoms with van der Waals surface area (Å²) in [5, 5.41) is 4.86.